The van der Waals surface area contributed by atoms with Gasteiger partial charge in [0, 0.05) is 0 Å². The molecular weight excluding hydrogens is 196 g/mol. The minimum Gasteiger partial charge on any atom is -0.508 e. The zero-order valence-corrected chi connectivity index (χ0v) is 11.2. The van der Waals surface area contributed by atoms with E-state index in [2.05, 4.69) is 40.7 Å². The third-order valence-electron chi connectivity index (χ3n) is 3.03. The molecule has 0 fully saturated rings. The Morgan fingerprint density at radius 2 is 1.81 bits per heavy atom. The van der Waals surface area contributed by atoms with Crippen LogP contribution in [0.3, 0.4) is 0 Å². The number of benzene rings is 1. The molecule has 1 N–H and O–H groups in total. The lowest BCUT2D eigenvalue weighted by molar-refractivity contribution is 0.462. The SMILES string of the molecule is CCCCc1cc(C)c(C(C)(C)C)cc1O. The number of aryl methyl sites for hydroxylation is 2. The van der Waals surface area contributed by atoms with Crippen molar-refractivity contribution in [2.24, 2.45) is 0 Å². The Morgan fingerprint density at radius 1 is 1.19 bits per heavy atom. The lowest BCUT2D eigenvalue weighted by Crippen LogP contribution is -2.13. The molecule has 0 saturated heterocycles. The number of unbranched alkanes of at least 4 members (excludes halogenated alkanes) is 1. The molecule has 1 aromatic rings. The van der Waals surface area contributed by atoms with E-state index in [0.717, 1.165) is 18.4 Å². The van der Waals surface area contributed by atoms with Crippen molar-refractivity contribution in [3.63, 3.8) is 0 Å². The first-order valence-corrected chi connectivity index (χ1v) is 6.19. The quantitative estimate of drug-likeness (QED) is 0.803. The van der Waals surface area contributed by atoms with Crippen LogP contribution in [-0.4, -0.2) is 5.11 Å². The molecule has 16 heavy (non-hydrogen) atoms. The van der Waals surface area contributed by atoms with E-state index in [1.165, 1.54) is 17.5 Å². The van der Waals surface area contributed by atoms with Crippen LogP contribution in [0.2, 0.25) is 0 Å². The summed E-state index contributed by atoms with van der Waals surface area (Å²) >= 11 is 0. The Bertz CT molecular complexity index is 358. The zero-order valence-electron chi connectivity index (χ0n) is 11.2. The molecule has 0 aliphatic carbocycles. The monoisotopic (exact) mass is 220 g/mol. The van der Waals surface area contributed by atoms with E-state index in [1.807, 2.05) is 6.07 Å². The van der Waals surface area contributed by atoms with E-state index in [9.17, 15) is 5.11 Å². The summed E-state index contributed by atoms with van der Waals surface area (Å²) in [5, 5.41) is 10.0. The van der Waals surface area contributed by atoms with E-state index < -0.39 is 0 Å². The number of hydrogen-bond acceptors (Lipinski definition) is 1. The van der Waals surface area contributed by atoms with Crippen LogP contribution in [0.15, 0.2) is 12.1 Å². The fraction of sp³-hybridized carbons (Fsp3) is 0.600. The zero-order chi connectivity index (χ0) is 12.3. The summed E-state index contributed by atoms with van der Waals surface area (Å²) in [5.41, 5.74) is 3.72. The van der Waals surface area contributed by atoms with Gasteiger partial charge >= 0.3 is 0 Å². The van der Waals surface area contributed by atoms with E-state index in [0.29, 0.717) is 5.75 Å². The van der Waals surface area contributed by atoms with Crippen LogP contribution in [0.1, 0.15) is 57.2 Å². The Morgan fingerprint density at radius 3 is 2.31 bits per heavy atom. The van der Waals surface area contributed by atoms with Gasteiger partial charge in [0.1, 0.15) is 5.75 Å². The molecule has 0 heterocycles. The maximum absolute atomic E-state index is 10.0. The van der Waals surface area contributed by atoms with Crippen molar-refractivity contribution in [3.05, 3.63) is 28.8 Å². The standard InChI is InChI=1S/C15H24O/c1-6-7-8-12-9-11(2)13(10-14(12)16)15(3,4)5/h9-10,16H,6-8H2,1-5H3. The fourth-order valence-electron chi connectivity index (χ4n) is 2.13. The molecular formula is C15H24O. The lowest BCUT2D eigenvalue weighted by Gasteiger charge is -2.23. The molecule has 0 radical (unpaired) electrons. The molecule has 0 unspecified atom stereocenters. The topological polar surface area (TPSA) is 20.2 Å². The molecule has 0 bridgehead atoms. The number of phenols is 1. The minimum absolute atomic E-state index is 0.102. The second-order valence-corrected chi connectivity index (χ2v) is 5.65. The predicted octanol–water partition coefficient (Wildman–Crippen LogP) is 4.34. The van der Waals surface area contributed by atoms with E-state index in [1.54, 1.807) is 0 Å². The van der Waals surface area contributed by atoms with Crippen LogP contribution in [-0.2, 0) is 11.8 Å². The normalized spacial score (nSPS) is 11.8. The average molecular weight is 220 g/mol. The van der Waals surface area contributed by atoms with Gasteiger partial charge in [0.2, 0.25) is 0 Å². The maximum Gasteiger partial charge on any atom is 0.119 e. The first kappa shape index (κ1) is 13.1. The average Bonchev–Trinajstić information content (AvgIpc) is 2.17. The molecule has 0 spiro atoms. The highest BCUT2D eigenvalue weighted by atomic mass is 16.3. The number of aromatic hydroxyl groups is 1. The Kier molecular flexibility index (Phi) is 4.01. The largest absolute Gasteiger partial charge is 0.508 e. The summed E-state index contributed by atoms with van der Waals surface area (Å²) in [4.78, 5) is 0. The van der Waals surface area contributed by atoms with Crippen molar-refractivity contribution < 1.29 is 5.11 Å². The van der Waals surface area contributed by atoms with Gasteiger partial charge in [0.05, 0.1) is 0 Å². The second-order valence-electron chi connectivity index (χ2n) is 5.65. The second kappa shape index (κ2) is 4.90. The van der Waals surface area contributed by atoms with Gasteiger partial charge < -0.3 is 5.11 Å². The lowest BCUT2D eigenvalue weighted by atomic mass is 9.83. The summed E-state index contributed by atoms with van der Waals surface area (Å²) < 4.78 is 0. The summed E-state index contributed by atoms with van der Waals surface area (Å²) in [6, 6.07) is 4.09. The minimum atomic E-state index is 0.102. The van der Waals surface area contributed by atoms with Gasteiger partial charge in [-0.2, -0.15) is 0 Å². The number of phenolic OH excluding ortho intramolecular Hbond substituents is 1. The van der Waals surface area contributed by atoms with Crippen LogP contribution < -0.4 is 0 Å². The third-order valence-corrected chi connectivity index (χ3v) is 3.03. The van der Waals surface area contributed by atoms with Gasteiger partial charge in [-0.1, -0.05) is 40.2 Å². The van der Waals surface area contributed by atoms with Gasteiger partial charge in [-0.05, 0) is 47.9 Å². The van der Waals surface area contributed by atoms with Crippen molar-refractivity contribution in [3.8, 4) is 5.75 Å². The van der Waals surface area contributed by atoms with Gasteiger partial charge in [-0.25, -0.2) is 0 Å². The molecule has 1 rings (SSSR count). The van der Waals surface area contributed by atoms with Gasteiger partial charge in [-0.3, -0.25) is 0 Å². The van der Waals surface area contributed by atoms with Crippen LogP contribution >= 0.6 is 0 Å². The Balaban J connectivity index is 3.07. The van der Waals surface area contributed by atoms with E-state index >= 15 is 0 Å². The highest BCUT2D eigenvalue weighted by Gasteiger charge is 2.18. The first-order chi connectivity index (χ1) is 7.36. The molecule has 0 aromatic heterocycles. The molecule has 0 atom stereocenters. The molecule has 0 saturated carbocycles. The summed E-state index contributed by atoms with van der Waals surface area (Å²) in [6.45, 7) is 10.9. The van der Waals surface area contributed by atoms with Gasteiger partial charge in [0.15, 0.2) is 0 Å². The summed E-state index contributed by atoms with van der Waals surface area (Å²) in [5.74, 6) is 0.462. The molecule has 1 aromatic carbocycles. The predicted molar refractivity (Wildman–Crippen MR) is 70.2 cm³/mol. The molecule has 0 amide bonds. The Hall–Kier alpha value is -0.980. The maximum atomic E-state index is 10.0. The van der Waals surface area contributed by atoms with Gasteiger partial charge in [0.25, 0.3) is 0 Å². The smallest absolute Gasteiger partial charge is 0.119 e. The van der Waals surface area contributed by atoms with Crippen molar-refractivity contribution in [1.82, 2.24) is 0 Å². The third kappa shape index (κ3) is 3.01. The Labute approximate surface area is 99.5 Å². The first-order valence-electron chi connectivity index (χ1n) is 6.19. The van der Waals surface area contributed by atoms with Crippen LogP contribution in [0, 0.1) is 6.92 Å². The van der Waals surface area contributed by atoms with Gasteiger partial charge in [-0.15, -0.1) is 0 Å². The van der Waals surface area contributed by atoms with Crippen LogP contribution in [0.4, 0.5) is 0 Å². The van der Waals surface area contributed by atoms with Crippen molar-refractivity contribution in [2.45, 2.75) is 59.3 Å². The fourth-order valence-corrected chi connectivity index (χ4v) is 2.13. The van der Waals surface area contributed by atoms with Crippen molar-refractivity contribution in [2.75, 3.05) is 0 Å². The molecule has 0 aliphatic heterocycles. The van der Waals surface area contributed by atoms with E-state index in [4.69, 9.17) is 0 Å². The molecule has 1 heteroatoms. The summed E-state index contributed by atoms with van der Waals surface area (Å²) in [7, 11) is 0. The molecule has 1 nitrogen and oxygen atoms in total. The highest BCUT2D eigenvalue weighted by molar-refractivity contribution is 5.44. The molecule has 0 aliphatic rings. The van der Waals surface area contributed by atoms with Crippen molar-refractivity contribution in [1.29, 1.82) is 0 Å². The summed E-state index contributed by atoms with van der Waals surface area (Å²) in [6.07, 6.45) is 3.29. The van der Waals surface area contributed by atoms with Crippen molar-refractivity contribution >= 4 is 0 Å². The van der Waals surface area contributed by atoms with Crippen LogP contribution in [0.5, 0.6) is 5.75 Å². The van der Waals surface area contributed by atoms with Crippen LogP contribution in [0.25, 0.3) is 0 Å². The number of rotatable bonds is 3. The highest BCUT2D eigenvalue weighted by Crippen LogP contribution is 2.31. The van der Waals surface area contributed by atoms with E-state index in [-0.39, 0.29) is 5.41 Å². The number of hydrogen-bond donors (Lipinski definition) is 1. The molecule has 90 valence electrons.